The van der Waals surface area contributed by atoms with Crippen LogP contribution in [0, 0.1) is 0 Å². The molecule has 0 atom stereocenters. The summed E-state index contributed by atoms with van der Waals surface area (Å²) in [4.78, 5) is 13.0. The van der Waals surface area contributed by atoms with Crippen LogP contribution >= 0.6 is 6.83 Å². The third kappa shape index (κ3) is 2.52. The third-order valence-corrected chi connectivity index (χ3v) is 10.4. The van der Waals surface area contributed by atoms with E-state index < -0.39 is 6.83 Å². The molecule has 3 nitrogen and oxygen atoms in total. The molecule has 0 aliphatic rings. The Kier molecular flexibility index (Phi) is 4.43. The molecular formula is C24H21O3P. The topological polar surface area (TPSA) is 60.7 Å². The summed E-state index contributed by atoms with van der Waals surface area (Å²) in [6.45, 7) is -4.31. The molecule has 0 spiro atoms. The standard InChI is InChI=1S/C24H21O3P/c25-19-16-17-23(26)24(18-19)28(27,20-10-4-1-5-11-20,21-12-6-2-7-13-21)22-14-8-3-9-15-22/h1-18,25-27H. The zero-order chi connectivity index (χ0) is 19.6. The first-order valence-corrected chi connectivity index (χ1v) is 11.2. The summed E-state index contributed by atoms with van der Waals surface area (Å²) in [7, 11) is 0. The fraction of sp³-hybridized carbons (Fsp3) is 0. The van der Waals surface area contributed by atoms with E-state index in [0.717, 1.165) is 0 Å². The van der Waals surface area contributed by atoms with Gasteiger partial charge in [-0.15, -0.1) is 0 Å². The second kappa shape index (κ2) is 6.79. The van der Waals surface area contributed by atoms with E-state index in [1.807, 2.05) is 91.0 Å². The molecule has 0 saturated carbocycles. The fourth-order valence-corrected chi connectivity index (χ4v) is 8.77. The Morgan fingerprint density at radius 1 is 0.500 bits per heavy atom. The normalized spacial score (nSPS) is 12.8. The van der Waals surface area contributed by atoms with Crippen molar-refractivity contribution in [1.29, 1.82) is 0 Å². The number of phenolic OH excluding ortho intramolecular Hbond substituents is 2. The molecule has 0 heterocycles. The Morgan fingerprint density at radius 2 is 0.893 bits per heavy atom. The molecule has 140 valence electrons. The molecule has 3 N–H and O–H groups in total. The van der Waals surface area contributed by atoms with E-state index in [1.54, 1.807) is 0 Å². The van der Waals surface area contributed by atoms with Crippen molar-refractivity contribution in [3.8, 4) is 11.5 Å². The van der Waals surface area contributed by atoms with Gasteiger partial charge in [-0.3, -0.25) is 0 Å². The molecule has 0 aliphatic carbocycles. The maximum absolute atomic E-state index is 13.0. The van der Waals surface area contributed by atoms with Gasteiger partial charge in [0, 0.05) is 0 Å². The van der Waals surface area contributed by atoms with Crippen LogP contribution in [0.4, 0.5) is 0 Å². The summed E-state index contributed by atoms with van der Waals surface area (Å²) < 4.78 is 0. The molecule has 4 aromatic carbocycles. The molecular weight excluding hydrogens is 367 g/mol. The summed E-state index contributed by atoms with van der Waals surface area (Å²) in [5, 5.41) is 23.5. The zero-order valence-electron chi connectivity index (χ0n) is 15.2. The van der Waals surface area contributed by atoms with Crippen molar-refractivity contribution >= 4 is 28.0 Å². The number of hydrogen-bond donors (Lipinski definition) is 3. The number of hydrogen-bond acceptors (Lipinski definition) is 3. The van der Waals surface area contributed by atoms with Gasteiger partial charge in [-0.05, 0) is 0 Å². The van der Waals surface area contributed by atoms with E-state index >= 15 is 0 Å². The molecule has 4 rings (SSSR count). The minimum atomic E-state index is -4.31. The molecule has 0 bridgehead atoms. The van der Waals surface area contributed by atoms with Crippen molar-refractivity contribution in [2.45, 2.75) is 0 Å². The molecule has 0 amide bonds. The van der Waals surface area contributed by atoms with Crippen LogP contribution in [0.5, 0.6) is 11.5 Å². The van der Waals surface area contributed by atoms with Crippen molar-refractivity contribution in [2.24, 2.45) is 0 Å². The Balaban J connectivity index is 2.28. The molecule has 0 saturated heterocycles. The van der Waals surface area contributed by atoms with Crippen molar-refractivity contribution in [2.75, 3.05) is 0 Å². The summed E-state index contributed by atoms with van der Waals surface area (Å²) >= 11 is 0. The second-order valence-corrected chi connectivity index (χ2v) is 10.9. The van der Waals surface area contributed by atoms with E-state index in [0.29, 0.717) is 21.2 Å². The molecule has 4 aromatic rings. The van der Waals surface area contributed by atoms with Crippen LogP contribution in [-0.4, -0.2) is 15.1 Å². The minimum absolute atomic E-state index is 0.0151. The average Bonchev–Trinajstić information content (AvgIpc) is 2.77. The molecule has 0 aliphatic heterocycles. The van der Waals surface area contributed by atoms with Gasteiger partial charge in [0.25, 0.3) is 0 Å². The number of rotatable bonds is 4. The summed E-state index contributed by atoms with van der Waals surface area (Å²) in [6, 6.07) is 32.5. The Labute approximate surface area is 164 Å². The number of benzene rings is 4. The van der Waals surface area contributed by atoms with Crippen molar-refractivity contribution < 1.29 is 15.1 Å². The van der Waals surface area contributed by atoms with Crippen molar-refractivity contribution in [3.05, 3.63) is 109 Å². The van der Waals surface area contributed by atoms with Crippen LogP contribution in [0.25, 0.3) is 0 Å². The van der Waals surface area contributed by atoms with E-state index in [2.05, 4.69) is 0 Å². The number of phenols is 2. The van der Waals surface area contributed by atoms with Gasteiger partial charge in [-0.1, -0.05) is 0 Å². The van der Waals surface area contributed by atoms with E-state index in [1.165, 1.54) is 18.2 Å². The van der Waals surface area contributed by atoms with Gasteiger partial charge in [-0.2, -0.15) is 0 Å². The van der Waals surface area contributed by atoms with Crippen molar-refractivity contribution in [1.82, 2.24) is 0 Å². The first-order chi connectivity index (χ1) is 13.6. The van der Waals surface area contributed by atoms with Crippen LogP contribution in [-0.2, 0) is 0 Å². The SMILES string of the molecule is Oc1ccc(O)c(P(O)(c2ccccc2)(c2ccccc2)c2ccccc2)c1. The van der Waals surface area contributed by atoms with E-state index in [4.69, 9.17) is 0 Å². The first kappa shape index (κ1) is 18.2. The van der Waals surface area contributed by atoms with Gasteiger partial charge in [0.15, 0.2) is 0 Å². The number of aromatic hydroxyl groups is 2. The van der Waals surface area contributed by atoms with Gasteiger partial charge in [0.2, 0.25) is 0 Å². The summed E-state index contributed by atoms with van der Waals surface area (Å²) in [6.07, 6.45) is 0. The Bertz CT molecular complexity index is 997. The molecule has 0 aromatic heterocycles. The Morgan fingerprint density at radius 3 is 1.29 bits per heavy atom. The van der Waals surface area contributed by atoms with Gasteiger partial charge >= 0.3 is 164 Å². The van der Waals surface area contributed by atoms with E-state index in [-0.39, 0.29) is 11.5 Å². The van der Waals surface area contributed by atoms with Gasteiger partial charge in [-0.25, -0.2) is 0 Å². The van der Waals surface area contributed by atoms with Crippen LogP contribution in [0.1, 0.15) is 0 Å². The second-order valence-electron chi connectivity index (χ2n) is 6.75. The monoisotopic (exact) mass is 388 g/mol. The fourth-order valence-electron chi connectivity index (χ4n) is 3.88. The Hall–Kier alpha value is -3.13. The molecule has 0 radical (unpaired) electrons. The summed E-state index contributed by atoms with van der Waals surface area (Å²) in [5.74, 6) is -0.0758. The third-order valence-electron chi connectivity index (χ3n) is 5.20. The zero-order valence-corrected chi connectivity index (χ0v) is 16.1. The van der Waals surface area contributed by atoms with Crippen LogP contribution in [0.2, 0.25) is 0 Å². The van der Waals surface area contributed by atoms with Crippen LogP contribution in [0.15, 0.2) is 109 Å². The van der Waals surface area contributed by atoms with Crippen molar-refractivity contribution in [3.63, 3.8) is 0 Å². The van der Waals surface area contributed by atoms with Crippen LogP contribution in [0.3, 0.4) is 0 Å². The van der Waals surface area contributed by atoms with Gasteiger partial charge in [0.05, 0.1) is 0 Å². The maximum atomic E-state index is 13.0. The summed E-state index contributed by atoms with van der Waals surface area (Å²) in [5.41, 5.74) is 0. The van der Waals surface area contributed by atoms with Gasteiger partial charge in [0.1, 0.15) is 0 Å². The quantitative estimate of drug-likeness (QED) is 0.372. The molecule has 0 fully saturated rings. The van der Waals surface area contributed by atoms with Gasteiger partial charge < -0.3 is 0 Å². The van der Waals surface area contributed by atoms with E-state index in [9.17, 15) is 15.1 Å². The van der Waals surface area contributed by atoms with Crippen LogP contribution < -0.4 is 21.2 Å². The predicted octanol–water partition coefficient (Wildman–Crippen LogP) is 3.16. The first-order valence-electron chi connectivity index (χ1n) is 9.01. The molecule has 28 heavy (non-hydrogen) atoms. The molecule has 4 heteroatoms. The predicted molar refractivity (Wildman–Crippen MR) is 117 cm³/mol. The average molecular weight is 388 g/mol. The molecule has 0 unspecified atom stereocenters.